The standard InChI is InChI=1S/C45H40N8.2CH4/c1-17-13-21(5)29-33(25(17)9)41-48-42-34-26(10)18(2)14-22(6)30(34)39-47-40-32-24(8)16-20(4)28(12)36(32)44-49-43-35-27(11)19(3)15-23(7)31(35)38-46-37(29)50(41)45(51(39)42,52(38)43)53(40)44;;/h13-16H,1-12H3;2*1H4/q+2;;. The summed E-state index contributed by atoms with van der Waals surface area (Å²) in [5.41, 5.74) is 21.4. The molecule has 0 bridgehead atoms. The lowest BCUT2D eigenvalue weighted by Gasteiger charge is -2.40. The quantitative estimate of drug-likeness (QED) is 0.141. The van der Waals surface area contributed by atoms with Crippen molar-refractivity contribution >= 4 is 56.5 Å². The molecule has 8 nitrogen and oxygen atoms in total. The van der Waals surface area contributed by atoms with Gasteiger partial charge in [-0.05, 0) is 150 Å². The molecule has 0 aliphatic carbocycles. The van der Waals surface area contributed by atoms with Crippen molar-refractivity contribution in [3.05, 3.63) is 124 Å². The van der Waals surface area contributed by atoms with Crippen molar-refractivity contribution in [2.75, 3.05) is 0 Å². The fourth-order valence-electron chi connectivity index (χ4n) is 10.9. The number of aryl methyl sites for hydroxylation is 10. The molecule has 0 radical (unpaired) electrons. The van der Waals surface area contributed by atoms with Crippen molar-refractivity contribution < 1.29 is 9.15 Å². The van der Waals surface area contributed by atoms with Gasteiger partial charge in [0.25, 0.3) is 23.3 Å². The lowest BCUT2D eigenvalue weighted by molar-refractivity contribution is -0.790. The largest absolute Gasteiger partial charge is 0.404 e. The molecular weight excluding hydrogens is 677 g/mol. The molecule has 0 saturated carbocycles. The van der Waals surface area contributed by atoms with Crippen LogP contribution in [0.5, 0.6) is 0 Å². The van der Waals surface area contributed by atoms with Gasteiger partial charge in [-0.3, -0.25) is 0 Å². The third kappa shape index (κ3) is 3.25. The van der Waals surface area contributed by atoms with Gasteiger partial charge in [0.1, 0.15) is 0 Å². The van der Waals surface area contributed by atoms with Gasteiger partial charge in [-0.1, -0.05) is 59.1 Å². The maximum Gasteiger partial charge on any atom is 0.404 e. The summed E-state index contributed by atoms with van der Waals surface area (Å²) in [7, 11) is 0. The first-order valence-corrected chi connectivity index (χ1v) is 18.8. The summed E-state index contributed by atoms with van der Waals surface area (Å²) in [4.78, 5) is 23.2. The van der Waals surface area contributed by atoms with Gasteiger partial charge in [0, 0.05) is 0 Å². The van der Waals surface area contributed by atoms with Crippen LogP contribution in [0.3, 0.4) is 0 Å². The molecule has 6 aromatic rings. The number of hydrogen-bond acceptors (Lipinski definition) is 4. The summed E-state index contributed by atoms with van der Waals surface area (Å²) >= 11 is 0. The molecule has 55 heavy (non-hydrogen) atoms. The van der Waals surface area contributed by atoms with Crippen molar-refractivity contribution in [1.82, 2.24) is 9.13 Å². The third-order valence-electron chi connectivity index (χ3n) is 13.7. The number of benzene rings is 4. The van der Waals surface area contributed by atoms with E-state index in [4.69, 9.17) is 20.0 Å². The second-order valence-electron chi connectivity index (χ2n) is 16.5. The Kier molecular flexibility index (Phi) is 6.09. The summed E-state index contributed by atoms with van der Waals surface area (Å²) in [5, 5.41) is 4.68. The summed E-state index contributed by atoms with van der Waals surface area (Å²) in [6, 6.07) is 9.29. The SMILES string of the molecule is C.C.Cc1cc(C)c2c(c1C)C1=Nc3c4c(C)c(C)cc(C)c4c4n3C35n6c(c7c(C)cc(C)c(C)c7c6=NC6=[N+]3C(=N4)c3c(C)cc(C)c(C)c36)=NC2=[N+]15. The zero-order valence-corrected chi connectivity index (χ0v) is 32.4. The Bertz CT molecular complexity index is 3280. The van der Waals surface area contributed by atoms with Crippen LogP contribution in [0.25, 0.3) is 21.5 Å². The Morgan fingerprint density at radius 1 is 0.400 bits per heavy atom. The Morgan fingerprint density at radius 2 is 0.836 bits per heavy atom. The minimum atomic E-state index is -1.01. The molecule has 1 unspecified atom stereocenters. The van der Waals surface area contributed by atoms with Crippen LogP contribution in [0.4, 0.5) is 11.6 Å². The van der Waals surface area contributed by atoms with E-state index in [2.05, 4.69) is 126 Å². The molecule has 1 atom stereocenters. The van der Waals surface area contributed by atoms with Crippen LogP contribution in [0.15, 0.2) is 44.2 Å². The van der Waals surface area contributed by atoms with Crippen molar-refractivity contribution in [1.29, 1.82) is 0 Å². The molecule has 6 aliphatic heterocycles. The van der Waals surface area contributed by atoms with E-state index in [9.17, 15) is 0 Å². The summed E-state index contributed by atoms with van der Waals surface area (Å²) in [6.07, 6.45) is 0. The molecule has 0 N–H and O–H groups in total. The molecule has 8 heterocycles. The molecule has 0 fully saturated rings. The van der Waals surface area contributed by atoms with Crippen LogP contribution in [-0.4, -0.2) is 41.6 Å². The van der Waals surface area contributed by atoms with Crippen molar-refractivity contribution in [3.63, 3.8) is 0 Å². The maximum atomic E-state index is 5.80. The van der Waals surface area contributed by atoms with Crippen LogP contribution in [0, 0.1) is 83.1 Å². The summed E-state index contributed by atoms with van der Waals surface area (Å²) in [5.74, 6) is 4.66. The Balaban J connectivity index is 0.00000186. The van der Waals surface area contributed by atoms with E-state index < -0.39 is 5.91 Å². The second kappa shape index (κ2) is 9.91. The van der Waals surface area contributed by atoms with Gasteiger partial charge in [-0.2, -0.15) is 9.13 Å². The smallest absolute Gasteiger partial charge is 0.192 e. The van der Waals surface area contributed by atoms with Gasteiger partial charge in [-0.25, -0.2) is 0 Å². The monoisotopic (exact) mass is 724 g/mol. The summed E-state index contributed by atoms with van der Waals surface area (Å²) in [6.45, 7) is 26.9. The number of nitrogens with zero attached hydrogens (tertiary/aromatic N) is 8. The normalized spacial score (nSPS) is 18.3. The highest BCUT2D eigenvalue weighted by atomic mass is 15.7. The molecule has 8 heteroatoms. The molecule has 274 valence electrons. The lowest BCUT2D eigenvalue weighted by Crippen LogP contribution is -2.71. The molecule has 12 rings (SSSR count). The predicted molar refractivity (Wildman–Crippen MR) is 224 cm³/mol. The van der Waals surface area contributed by atoms with Crippen molar-refractivity contribution in [2.45, 2.75) is 104 Å². The number of fused-ring (bicyclic) bond motifs is 12. The molecular formula is C47H48N8+2. The molecule has 0 saturated heterocycles. The lowest BCUT2D eigenvalue weighted by atomic mass is 9.93. The Morgan fingerprint density at radius 3 is 1.45 bits per heavy atom. The highest BCUT2D eigenvalue weighted by Crippen LogP contribution is 2.55. The Hall–Kier alpha value is -5.76. The average Bonchev–Trinajstić information content (AvgIpc) is 3.83. The van der Waals surface area contributed by atoms with Crippen LogP contribution in [0.2, 0.25) is 0 Å². The highest BCUT2D eigenvalue weighted by Gasteiger charge is 2.70. The fraction of sp³-hybridized carbons (Fsp3) is 0.319. The van der Waals surface area contributed by atoms with E-state index in [1.165, 1.54) is 111 Å². The molecule has 0 amide bonds. The predicted octanol–water partition coefficient (Wildman–Crippen LogP) is 8.68. The van der Waals surface area contributed by atoms with E-state index in [0.29, 0.717) is 0 Å². The van der Waals surface area contributed by atoms with Crippen molar-refractivity contribution in [3.8, 4) is 0 Å². The molecule has 2 aromatic heterocycles. The van der Waals surface area contributed by atoms with E-state index in [1.807, 2.05) is 0 Å². The van der Waals surface area contributed by atoms with E-state index in [1.54, 1.807) is 0 Å². The van der Waals surface area contributed by atoms with E-state index in [0.717, 1.165) is 46.0 Å². The Labute approximate surface area is 322 Å². The number of hydrogen-bond donors (Lipinski definition) is 0. The first-order valence-electron chi connectivity index (χ1n) is 18.8. The van der Waals surface area contributed by atoms with Gasteiger partial charge < -0.3 is 0 Å². The minimum absolute atomic E-state index is 0. The van der Waals surface area contributed by atoms with Gasteiger partial charge in [-0.15, -0.1) is 9.15 Å². The molecule has 4 aromatic carbocycles. The van der Waals surface area contributed by atoms with Crippen molar-refractivity contribution in [2.24, 2.45) is 20.0 Å². The zero-order chi connectivity index (χ0) is 36.6. The highest BCUT2D eigenvalue weighted by molar-refractivity contribution is 6.22. The number of aliphatic imine (C=N–C) groups is 2. The van der Waals surface area contributed by atoms with Gasteiger partial charge in [0.2, 0.25) is 22.6 Å². The summed E-state index contributed by atoms with van der Waals surface area (Å²) < 4.78 is 9.85. The van der Waals surface area contributed by atoms with Crippen LogP contribution >= 0.6 is 0 Å². The van der Waals surface area contributed by atoms with Crippen LogP contribution in [-0.2, 0) is 5.91 Å². The van der Waals surface area contributed by atoms with Gasteiger partial charge in [0.15, 0.2) is 0 Å². The molecule has 6 aliphatic rings. The number of amidine groups is 4. The average molecular weight is 725 g/mol. The van der Waals surface area contributed by atoms with Crippen LogP contribution < -0.4 is 11.0 Å². The van der Waals surface area contributed by atoms with Gasteiger partial charge in [0.05, 0.1) is 43.8 Å². The zero-order valence-electron chi connectivity index (χ0n) is 32.4. The van der Waals surface area contributed by atoms with Crippen LogP contribution in [0.1, 0.15) is 104 Å². The number of rotatable bonds is 0. The first-order chi connectivity index (χ1) is 25.3. The van der Waals surface area contributed by atoms with Gasteiger partial charge >= 0.3 is 5.91 Å². The number of aromatic nitrogens is 2. The fourth-order valence-corrected chi connectivity index (χ4v) is 10.9. The minimum Gasteiger partial charge on any atom is -0.192 e. The topological polar surface area (TPSA) is 65.3 Å². The third-order valence-corrected chi connectivity index (χ3v) is 13.7. The first kappa shape index (κ1) is 33.8. The van der Waals surface area contributed by atoms with E-state index >= 15 is 0 Å². The maximum absolute atomic E-state index is 5.80. The molecule has 1 spiro atoms. The second-order valence-corrected chi connectivity index (χ2v) is 16.5. The van der Waals surface area contributed by atoms with E-state index in [-0.39, 0.29) is 14.9 Å².